The molecule has 4 rings (SSSR count). The number of nitrogens with zero attached hydrogens (tertiary/aromatic N) is 4. The Balaban J connectivity index is 1.24. The zero-order valence-electron chi connectivity index (χ0n) is 20.9. The molecule has 2 heterocycles. The molecule has 2 amide bonds. The maximum Gasteiger partial charge on any atom is 0.277 e. The number of benzene rings is 2. The lowest BCUT2D eigenvalue weighted by atomic mass is 10.1. The van der Waals surface area contributed by atoms with E-state index in [0.717, 1.165) is 13.1 Å². The van der Waals surface area contributed by atoms with E-state index in [1.807, 2.05) is 23.1 Å². The molecule has 0 aliphatic carbocycles. The SMILES string of the molecule is COc1cc(C(=O)NCc2nnc(SCC(=O)N3CCN(c4ccccc4)CC3)o2)cc(OC)c1OC. The largest absolute Gasteiger partial charge is 0.493 e. The summed E-state index contributed by atoms with van der Waals surface area (Å²) in [4.78, 5) is 29.4. The number of aromatic nitrogens is 2. The highest BCUT2D eigenvalue weighted by Crippen LogP contribution is 2.38. The molecule has 0 radical (unpaired) electrons. The summed E-state index contributed by atoms with van der Waals surface area (Å²) in [6, 6.07) is 13.3. The summed E-state index contributed by atoms with van der Waals surface area (Å²) in [7, 11) is 4.45. The summed E-state index contributed by atoms with van der Waals surface area (Å²) in [5, 5.41) is 10.9. The minimum absolute atomic E-state index is 0.0214. The normalized spacial score (nSPS) is 13.3. The molecule has 0 atom stereocenters. The molecule has 1 aromatic heterocycles. The fraction of sp³-hybridized carbons (Fsp3) is 0.360. The van der Waals surface area contributed by atoms with Crippen LogP contribution in [0.3, 0.4) is 0 Å². The second-order valence-electron chi connectivity index (χ2n) is 8.05. The van der Waals surface area contributed by atoms with Crippen LogP contribution >= 0.6 is 11.8 Å². The van der Waals surface area contributed by atoms with Gasteiger partial charge in [-0.1, -0.05) is 30.0 Å². The molecule has 1 aliphatic rings. The minimum Gasteiger partial charge on any atom is -0.493 e. The Morgan fingerprint density at radius 2 is 1.65 bits per heavy atom. The van der Waals surface area contributed by atoms with Crippen molar-refractivity contribution >= 4 is 29.3 Å². The van der Waals surface area contributed by atoms with Crippen LogP contribution in [0.4, 0.5) is 5.69 Å². The van der Waals surface area contributed by atoms with Gasteiger partial charge in [0.1, 0.15) is 0 Å². The monoisotopic (exact) mass is 527 g/mol. The van der Waals surface area contributed by atoms with Crippen molar-refractivity contribution in [1.29, 1.82) is 0 Å². The zero-order valence-corrected chi connectivity index (χ0v) is 21.7. The van der Waals surface area contributed by atoms with Crippen molar-refractivity contribution in [2.45, 2.75) is 11.8 Å². The standard InChI is InChI=1S/C25H29N5O6S/c1-33-19-13-17(14-20(34-2)23(19)35-3)24(32)26-15-21-27-28-25(36-21)37-16-22(31)30-11-9-29(10-12-30)18-7-5-4-6-8-18/h4-8,13-14H,9-12,15-16H2,1-3H3,(H,26,32). The van der Waals surface area contributed by atoms with Gasteiger partial charge in [-0.2, -0.15) is 0 Å². The van der Waals surface area contributed by atoms with Gasteiger partial charge >= 0.3 is 0 Å². The Kier molecular flexibility index (Phi) is 8.72. The first kappa shape index (κ1) is 26.1. The molecule has 3 aromatic rings. The number of thioether (sulfide) groups is 1. The first-order valence-corrected chi connectivity index (χ1v) is 12.6. The number of hydrogen-bond acceptors (Lipinski definition) is 10. The molecule has 196 valence electrons. The Morgan fingerprint density at radius 3 is 2.27 bits per heavy atom. The molecular weight excluding hydrogens is 498 g/mol. The van der Waals surface area contributed by atoms with E-state index in [2.05, 4.69) is 32.5 Å². The molecule has 2 aromatic carbocycles. The van der Waals surface area contributed by atoms with Crippen molar-refractivity contribution < 1.29 is 28.2 Å². The van der Waals surface area contributed by atoms with Crippen LogP contribution in [0.5, 0.6) is 17.2 Å². The molecule has 1 N–H and O–H groups in total. The molecule has 37 heavy (non-hydrogen) atoms. The average Bonchev–Trinajstić information content (AvgIpc) is 3.42. The van der Waals surface area contributed by atoms with E-state index in [-0.39, 0.29) is 35.2 Å². The number of carbonyl (C=O) groups excluding carboxylic acids is 2. The van der Waals surface area contributed by atoms with E-state index >= 15 is 0 Å². The van der Waals surface area contributed by atoms with E-state index in [1.165, 1.54) is 38.8 Å². The molecule has 11 nitrogen and oxygen atoms in total. The van der Waals surface area contributed by atoms with E-state index in [9.17, 15) is 9.59 Å². The van der Waals surface area contributed by atoms with E-state index in [4.69, 9.17) is 18.6 Å². The van der Waals surface area contributed by atoms with Gasteiger partial charge in [-0.3, -0.25) is 9.59 Å². The van der Waals surface area contributed by atoms with Crippen molar-refractivity contribution in [3.8, 4) is 17.2 Å². The summed E-state index contributed by atoms with van der Waals surface area (Å²) < 4.78 is 21.4. The zero-order chi connectivity index (χ0) is 26.2. The maximum atomic E-state index is 12.7. The third-order valence-electron chi connectivity index (χ3n) is 5.85. The number of ether oxygens (including phenoxy) is 3. The van der Waals surface area contributed by atoms with Gasteiger partial charge < -0.3 is 33.7 Å². The van der Waals surface area contributed by atoms with Gasteiger partial charge in [0.25, 0.3) is 11.1 Å². The lowest BCUT2D eigenvalue weighted by molar-refractivity contribution is -0.128. The smallest absolute Gasteiger partial charge is 0.277 e. The second-order valence-corrected chi connectivity index (χ2v) is 8.98. The van der Waals surface area contributed by atoms with Crippen LogP contribution < -0.4 is 24.4 Å². The summed E-state index contributed by atoms with van der Waals surface area (Å²) in [5.41, 5.74) is 1.49. The lowest BCUT2D eigenvalue weighted by Crippen LogP contribution is -2.49. The number of para-hydroxylation sites is 1. The minimum atomic E-state index is -0.378. The number of hydrogen-bond donors (Lipinski definition) is 1. The van der Waals surface area contributed by atoms with Crippen molar-refractivity contribution in [3.05, 3.63) is 53.9 Å². The third-order valence-corrected chi connectivity index (χ3v) is 6.65. The van der Waals surface area contributed by atoms with Crippen LogP contribution in [0.2, 0.25) is 0 Å². The Morgan fingerprint density at radius 1 is 0.973 bits per heavy atom. The van der Waals surface area contributed by atoms with Gasteiger partial charge in [-0.05, 0) is 24.3 Å². The predicted molar refractivity (Wildman–Crippen MR) is 138 cm³/mol. The molecule has 0 unspecified atom stereocenters. The van der Waals surface area contributed by atoms with Gasteiger partial charge in [0, 0.05) is 37.4 Å². The quantitative estimate of drug-likeness (QED) is 0.394. The molecule has 1 fully saturated rings. The van der Waals surface area contributed by atoms with Gasteiger partial charge in [0.05, 0.1) is 33.6 Å². The topological polar surface area (TPSA) is 119 Å². The summed E-state index contributed by atoms with van der Waals surface area (Å²) in [5.74, 6) is 1.21. The van der Waals surface area contributed by atoms with Gasteiger partial charge in [-0.25, -0.2) is 0 Å². The molecular formula is C25H29N5O6S. The Labute approximate surface area is 219 Å². The number of piperazine rings is 1. The fourth-order valence-corrected chi connectivity index (χ4v) is 4.59. The molecule has 0 spiro atoms. The van der Waals surface area contributed by atoms with Crippen molar-refractivity contribution in [1.82, 2.24) is 20.4 Å². The fourth-order valence-electron chi connectivity index (χ4n) is 3.91. The number of amides is 2. The van der Waals surface area contributed by atoms with Gasteiger partial charge in [0.2, 0.25) is 17.5 Å². The van der Waals surface area contributed by atoms with Gasteiger partial charge in [0.15, 0.2) is 11.5 Å². The van der Waals surface area contributed by atoms with E-state index in [1.54, 1.807) is 12.1 Å². The van der Waals surface area contributed by atoms with Crippen LogP contribution in [0.1, 0.15) is 16.2 Å². The number of nitrogens with one attached hydrogen (secondary N) is 1. The molecule has 12 heteroatoms. The molecule has 0 bridgehead atoms. The van der Waals surface area contributed by atoms with Crippen LogP contribution in [0, 0.1) is 0 Å². The third kappa shape index (κ3) is 6.45. The van der Waals surface area contributed by atoms with E-state index in [0.29, 0.717) is 35.9 Å². The highest BCUT2D eigenvalue weighted by Gasteiger charge is 2.22. The summed E-state index contributed by atoms with van der Waals surface area (Å²) in [6.07, 6.45) is 0. The maximum absolute atomic E-state index is 12.7. The Hall–Kier alpha value is -3.93. The summed E-state index contributed by atoms with van der Waals surface area (Å²) in [6.45, 7) is 2.93. The Bertz CT molecular complexity index is 1190. The average molecular weight is 528 g/mol. The number of carbonyl (C=O) groups is 2. The molecule has 1 aliphatic heterocycles. The number of anilines is 1. The number of rotatable bonds is 10. The van der Waals surface area contributed by atoms with Gasteiger partial charge in [-0.15, -0.1) is 10.2 Å². The summed E-state index contributed by atoms with van der Waals surface area (Å²) >= 11 is 1.18. The molecule has 1 saturated heterocycles. The van der Waals surface area contributed by atoms with Crippen LogP contribution in [0.25, 0.3) is 0 Å². The van der Waals surface area contributed by atoms with E-state index < -0.39 is 0 Å². The van der Waals surface area contributed by atoms with Crippen molar-refractivity contribution in [2.75, 3.05) is 58.2 Å². The second kappa shape index (κ2) is 12.3. The van der Waals surface area contributed by atoms with Crippen molar-refractivity contribution in [3.63, 3.8) is 0 Å². The lowest BCUT2D eigenvalue weighted by Gasteiger charge is -2.36. The van der Waals surface area contributed by atoms with Crippen LogP contribution in [-0.2, 0) is 11.3 Å². The van der Waals surface area contributed by atoms with Crippen molar-refractivity contribution in [2.24, 2.45) is 0 Å². The predicted octanol–water partition coefficient (Wildman–Crippen LogP) is 2.47. The van der Waals surface area contributed by atoms with Crippen LogP contribution in [-0.4, -0.2) is 80.2 Å². The highest BCUT2D eigenvalue weighted by molar-refractivity contribution is 7.99. The molecule has 0 saturated carbocycles. The first-order valence-electron chi connectivity index (χ1n) is 11.6. The number of methoxy groups -OCH3 is 3. The first-order chi connectivity index (χ1) is 18.0. The highest BCUT2D eigenvalue weighted by atomic mass is 32.2. The van der Waals surface area contributed by atoms with Crippen LogP contribution in [0.15, 0.2) is 52.1 Å².